The average Bonchev–Trinajstić information content (AvgIpc) is 2.99. The van der Waals surface area contributed by atoms with Crippen molar-refractivity contribution >= 4 is 5.97 Å². The Morgan fingerprint density at radius 3 is 0.952 bits per heavy atom. The van der Waals surface area contributed by atoms with Crippen molar-refractivity contribution in [1.29, 1.82) is 0 Å². The minimum absolute atomic E-state index is 0.483. The average molecular weight is 589 g/mol. The van der Waals surface area contributed by atoms with Crippen LogP contribution in [0.1, 0.15) is 226 Å². The van der Waals surface area contributed by atoms with Gasteiger partial charge in [0.1, 0.15) is 0 Å². The number of carboxylic acid groups (broad SMARTS) is 1. The second kappa shape index (κ2) is 36.1. The zero-order valence-corrected chi connectivity index (χ0v) is 28.9. The molecule has 0 fully saturated rings. The van der Waals surface area contributed by atoms with E-state index < -0.39 is 5.97 Å². The Bertz CT molecular complexity index is 590. The van der Waals surface area contributed by atoms with E-state index in [1.54, 1.807) is 0 Å². The van der Waals surface area contributed by atoms with Crippen LogP contribution in [0.15, 0.2) is 23.8 Å². The summed E-state index contributed by atoms with van der Waals surface area (Å²) in [6.45, 7) is 4.57. The van der Waals surface area contributed by atoms with Crippen LogP contribution in [0.2, 0.25) is 0 Å². The summed E-state index contributed by atoms with van der Waals surface area (Å²) < 4.78 is 0. The van der Waals surface area contributed by atoms with Crippen molar-refractivity contribution in [3.8, 4) is 0 Å². The highest BCUT2D eigenvalue weighted by Crippen LogP contribution is 2.16. The number of rotatable bonds is 35. The Kier molecular flexibility index (Phi) is 35.2. The molecule has 0 bridgehead atoms. The quantitative estimate of drug-likeness (QED) is 0.0454. The molecule has 0 saturated heterocycles. The highest BCUT2D eigenvalue weighted by atomic mass is 16.4. The van der Waals surface area contributed by atoms with Crippen molar-refractivity contribution < 1.29 is 9.90 Å². The molecule has 0 aromatic rings. The summed E-state index contributed by atoms with van der Waals surface area (Å²) in [5.74, 6) is -0.779. The Morgan fingerprint density at radius 2 is 0.667 bits per heavy atom. The molecule has 0 spiro atoms. The Labute approximate surface area is 265 Å². The predicted octanol–water partition coefficient (Wildman–Crippen LogP) is 14.5. The second-order valence-electron chi connectivity index (χ2n) is 13.2. The molecule has 0 heterocycles. The van der Waals surface area contributed by atoms with E-state index in [0.717, 1.165) is 19.3 Å². The molecule has 0 unspecified atom stereocenters. The van der Waals surface area contributed by atoms with Gasteiger partial charge in [-0.15, -0.1) is 0 Å². The first-order chi connectivity index (χ1) is 20.7. The van der Waals surface area contributed by atoms with E-state index >= 15 is 0 Å². The zero-order valence-electron chi connectivity index (χ0n) is 28.9. The molecule has 248 valence electrons. The minimum Gasteiger partial charge on any atom is -0.478 e. The molecule has 0 aliphatic rings. The topological polar surface area (TPSA) is 37.3 Å². The first kappa shape index (κ1) is 41.0. The molecule has 1 N–H and O–H groups in total. The summed E-state index contributed by atoms with van der Waals surface area (Å²) >= 11 is 0. The summed E-state index contributed by atoms with van der Waals surface area (Å²) in [6.07, 6.45) is 50.4. The van der Waals surface area contributed by atoms with E-state index in [0.29, 0.717) is 5.57 Å². The van der Waals surface area contributed by atoms with Gasteiger partial charge in [0.25, 0.3) is 0 Å². The first-order valence-corrected chi connectivity index (χ1v) is 19.3. The van der Waals surface area contributed by atoms with Crippen LogP contribution in [-0.2, 0) is 4.79 Å². The zero-order chi connectivity index (χ0) is 30.6. The highest BCUT2D eigenvalue weighted by molar-refractivity contribution is 5.89. The maximum absolute atomic E-state index is 11.6. The molecule has 0 aromatic heterocycles. The van der Waals surface area contributed by atoms with Crippen molar-refractivity contribution in [2.75, 3.05) is 0 Å². The van der Waals surface area contributed by atoms with Crippen LogP contribution in [0.25, 0.3) is 0 Å². The third-order valence-corrected chi connectivity index (χ3v) is 8.94. The van der Waals surface area contributed by atoms with Gasteiger partial charge < -0.3 is 5.11 Å². The minimum atomic E-state index is -0.779. The Balaban J connectivity index is 3.51. The molecule has 0 aliphatic carbocycles. The molecule has 0 saturated carbocycles. The van der Waals surface area contributed by atoms with Crippen LogP contribution >= 0.6 is 0 Å². The van der Waals surface area contributed by atoms with Gasteiger partial charge in [-0.05, 0) is 25.7 Å². The van der Waals surface area contributed by atoms with Gasteiger partial charge in [-0.1, -0.05) is 218 Å². The molecule has 42 heavy (non-hydrogen) atoms. The van der Waals surface area contributed by atoms with Gasteiger partial charge in [-0.3, -0.25) is 0 Å². The van der Waals surface area contributed by atoms with E-state index in [2.05, 4.69) is 19.9 Å². The molecule has 0 aromatic carbocycles. The molecule has 2 heteroatoms. The summed E-state index contributed by atoms with van der Waals surface area (Å²) in [6, 6.07) is 0. The largest absolute Gasteiger partial charge is 0.478 e. The molecule has 0 radical (unpaired) electrons. The van der Waals surface area contributed by atoms with Gasteiger partial charge in [0.05, 0.1) is 5.57 Å². The maximum Gasteiger partial charge on any atom is 0.335 e. The number of hydrogen-bond donors (Lipinski definition) is 1. The van der Waals surface area contributed by atoms with E-state index in [-0.39, 0.29) is 0 Å². The lowest BCUT2D eigenvalue weighted by Crippen LogP contribution is -1.97. The second-order valence-corrected chi connectivity index (χ2v) is 13.2. The number of aliphatic carboxylic acids is 1. The highest BCUT2D eigenvalue weighted by Gasteiger charge is 2.02. The summed E-state index contributed by atoms with van der Waals surface area (Å²) in [5.41, 5.74) is 0.483. The number of carboxylic acids is 1. The third kappa shape index (κ3) is 33.5. The summed E-state index contributed by atoms with van der Waals surface area (Å²) in [7, 11) is 0. The lowest BCUT2D eigenvalue weighted by Gasteiger charge is -2.03. The Hall–Kier alpha value is -1.05. The van der Waals surface area contributed by atoms with E-state index in [1.165, 1.54) is 193 Å². The van der Waals surface area contributed by atoms with Gasteiger partial charge in [-0.25, -0.2) is 4.79 Å². The third-order valence-electron chi connectivity index (χ3n) is 8.94. The summed E-state index contributed by atoms with van der Waals surface area (Å²) in [5, 5.41) is 9.52. The molecular formula is C40H76O2. The Morgan fingerprint density at radius 1 is 0.405 bits per heavy atom. The molecular weight excluding hydrogens is 512 g/mol. The van der Waals surface area contributed by atoms with E-state index in [1.807, 2.05) is 12.2 Å². The molecule has 0 aliphatic heterocycles. The smallest absolute Gasteiger partial charge is 0.335 e. The predicted molar refractivity (Wildman–Crippen MR) is 189 cm³/mol. The number of allylic oxidation sites excluding steroid dienone is 2. The SMILES string of the molecule is CCCCCCCCCCCCCCCCC/C=C(\C=C\CCCCCCCCCCCCCCCCCC)C(=O)O. The van der Waals surface area contributed by atoms with Crippen molar-refractivity contribution in [3.05, 3.63) is 23.8 Å². The van der Waals surface area contributed by atoms with Gasteiger partial charge in [0, 0.05) is 0 Å². The number of hydrogen-bond acceptors (Lipinski definition) is 1. The van der Waals surface area contributed by atoms with Gasteiger partial charge in [-0.2, -0.15) is 0 Å². The van der Waals surface area contributed by atoms with Gasteiger partial charge in [0.2, 0.25) is 0 Å². The van der Waals surface area contributed by atoms with E-state index in [9.17, 15) is 9.90 Å². The normalized spacial score (nSPS) is 12.1. The fraction of sp³-hybridized carbons (Fsp3) is 0.875. The first-order valence-electron chi connectivity index (χ1n) is 19.3. The van der Waals surface area contributed by atoms with Crippen molar-refractivity contribution in [2.45, 2.75) is 226 Å². The van der Waals surface area contributed by atoms with Crippen molar-refractivity contribution in [2.24, 2.45) is 0 Å². The van der Waals surface area contributed by atoms with Gasteiger partial charge in [0.15, 0.2) is 0 Å². The molecule has 2 nitrogen and oxygen atoms in total. The monoisotopic (exact) mass is 589 g/mol. The van der Waals surface area contributed by atoms with Crippen LogP contribution in [0.3, 0.4) is 0 Å². The van der Waals surface area contributed by atoms with Crippen LogP contribution < -0.4 is 0 Å². The molecule has 0 atom stereocenters. The van der Waals surface area contributed by atoms with Crippen LogP contribution in [0, 0.1) is 0 Å². The lowest BCUT2D eigenvalue weighted by molar-refractivity contribution is -0.132. The van der Waals surface area contributed by atoms with Crippen LogP contribution in [0.5, 0.6) is 0 Å². The van der Waals surface area contributed by atoms with E-state index in [4.69, 9.17) is 0 Å². The summed E-state index contributed by atoms with van der Waals surface area (Å²) in [4.78, 5) is 11.6. The van der Waals surface area contributed by atoms with Crippen molar-refractivity contribution in [1.82, 2.24) is 0 Å². The van der Waals surface area contributed by atoms with Crippen molar-refractivity contribution in [3.63, 3.8) is 0 Å². The fourth-order valence-corrected chi connectivity index (χ4v) is 6.02. The maximum atomic E-state index is 11.6. The lowest BCUT2D eigenvalue weighted by atomic mass is 10.0. The van der Waals surface area contributed by atoms with Crippen LogP contribution in [0.4, 0.5) is 0 Å². The molecule has 0 rings (SSSR count). The van der Waals surface area contributed by atoms with Gasteiger partial charge >= 0.3 is 5.97 Å². The standard InChI is InChI=1S/C40H76O2/c1-3-5-7-9-11-13-15-17-19-21-22-24-26-28-30-32-34-36-38-39(40(41)42)37-35-33-31-29-27-25-23-20-18-16-14-12-10-8-6-4-2/h36-38H,3-35H2,1-2H3,(H,41,42)/b38-36+,39-37+. The number of unbranched alkanes of at least 4 members (excludes halogenated alkanes) is 31. The fourth-order valence-electron chi connectivity index (χ4n) is 6.02. The molecule has 0 amide bonds. The van der Waals surface area contributed by atoms with Crippen LogP contribution in [-0.4, -0.2) is 11.1 Å². The number of carbonyl (C=O) groups is 1.